The third kappa shape index (κ3) is 7.04. The third-order valence-electron chi connectivity index (χ3n) is 9.03. The van der Waals surface area contributed by atoms with E-state index in [4.69, 9.17) is 5.73 Å². The molecule has 2 saturated heterocycles. The van der Waals surface area contributed by atoms with E-state index in [0.717, 1.165) is 65.6 Å². The van der Waals surface area contributed by atoms with Crippen molar-refractivity contribution < 1.29 is 14.4 Å². The van der Waals surface area contributed by atoms with Crippen molar-refractivity contribution in [2.45, 2.75) is 57.2 Å². The van der Waals surface area contributed by atoms with Crippen molar-refractivity contribution in [2.24, 2.45) is 18.7 Å². The van der Waals surface area contributed by atoms with E-state index in [0.29, 0.717) is 19.5 Å². The molecule has 0 saturated carbocycles. The normalized spacial score (nSPS) is 18.8. The van der Waals surface area contributed by atoms with Crippen LogP contribution in [0.4, 0.5) is 0 Å². The number of nitrogens with one attached hydrogen (secondary N) is 1. The van der Waals surface area contributed by atoms with Crippen LogP contribution in [0.25, 0.3) is 22.2 Å². The highest BCUT2D eigenvalue weighted by molar-refractivity contribution is 5.91. The van der Waals surface area contributed by atoms with Crippen molar-refractivity contribution in [3.05, 3.63) is 78.1 Å². The highest BCUT2D eigenvalue weighted by Crippen LogP contribution is 2.29. The summed E-state index contributed by atoms with van der Waals surface area (Å²) >= 11 is 0. The maximum Gasteiger partial charge on any atom is 0.243 e. The fraction of sp³-hybridized carbons (Fsp3) is 0.412. The summed E-state index contributed by atoms with van der Waals surface area (Å²) in [6, 6.07) is 16.6. The van der Waals surface area contributed by atoms with E-state index >= 15 is 0 Å². The molecule has 0 aliphatic carbocycles. The van der Waals surface area contributed by atoms with Gasteiger partial charge in [-0.2, -0.15) is 0 Å². The number of hydrogen-bond acceptors (Lipinski definition) is 7. The number of benzene rings is 2. The summed E-state index contributed by atoms with van der Waals surface area (Å²) in [6.07, 6.45) is 7.32. The van der Waals surface area contributed by atoms with E-state index in [1.165, 1.54) is 0 Å². The number of carbonyl (C=O) groups excluding carboxylic acids is 3. The first-order chi connectivity index (χ1) is 21.9. The quantitative estimate of drug-likeness (QED) is 0.282. The average Bonchev–Trinajstić information content (AvgIpc) is 3.83. The fourth-order valence-corrected chi connectivity index (χ4v) is 6.56. The Morgan fingerprint density at radius 1 is 1.00 bits per heavy atom. The Labute approximate surface area is 262 Å². The smallest absolute Gasteiger partial charge is 0.243 e. The predicted octanol–water partition coefficient (Wildman–Crippen LogP) is 2.84. The molecule has 11 heteroatoms. The lowest BCUT2D eigenvalue weighted by atomic mass is 9.94. The van der Waals surface area contributed by atoms with Crippen LogP contribution in [0.15, 0.2) is 67.0 Å². The molecule has 0 spiro atoms. The van der Waals surface area contributed by atoms with Crippen molar-refractivity contribution in [1.82, 2.24) is 35.1 Å². The molecule has 2 aromatic heterocycles. The van der Waals surface area contributed by atoms with Crippen molar-refractivity contribution in [3.63, 3.8) is 0 Å². The molecule has 4 heterocycles. The zero-order valence-corrected chi connectivity index (χ0v) is 25.6. The lowest BCUT2D eigenvalue weighted by molar-refractivity contribution is -0.140. The van der Waals surface area contributed by atoms with Gasteiger partial charge < -0.3 is 20.9 Å². The van der Waals surface area contributed by atoms with Crippen LogP contribution in [0.3, 0.4) is 0 Å². The van der Waals surface area contributed by atoms with E-state index in [1.807, 2.05) is 48.3 Å². The summed E-state index contributed by atoms with van der Waals surface area (Å²) in [7, 11) is 1.83. The average molecular weight is 609 g/mol. The number of likely N-dealkylation sites (tertiary alicyclic amines) is 2. The number of amides is 3. The summed E-state index contributed by atoms with van der Waals surface area (Å²) in [5.74, 6) is -0.375. The van der Waals surface area contributed by atoms with Crippen LogP contribution < -0.4 is 11.1 Å². The van der Waals surface area contributed by atoms with Gasteiger partial charge in [-0.05, 0) is 84.5 Å². The van der Waals surface area contributed by atoms with Gasteiger partial charge >= 0.3 is 0 Å². The summed E-state index contributed by atoms with van der Waals surface area (Å²) < 4.78 is 1.70. The first kappa shape index (κ1) is 30.4. The third-order valence-corrected chi connectivity index (χ3v) is 9.03. The minimum atomic E-state index is -0.848. The van der Waals surface area contributed by atoms with E-state index in [1.54, 1.807) is 22.0 Å². The van der Waals surface area contributed by atoms with Crippen LogP contribution in [-0.4, -0.2) is 79.2 Å². The molecular weight excluding hydrogens is 568 g/mol. The van der Waals surface area contributed by atoms with Crippen LogP contribution in [0, 0.1) is 5.92 Å². The molecule has 3 unspecified atom stereocenters. The molecule has 3 atom stereocenters. The molecule has 0 bridgehead atoms. The van der Waals surface area contributed by atoms with Crippen molar-refractivity contribution in [2.75, 3.05) is 19.6 Å². The number of hydrogen-bond donors (Lipinski definition) is 2. The van der Waals surface area contributed by atoms with Gasteiger partial charge in [-0.1, -0.05) is 35.5 Å². The highest BCUT2D eigenvalue weighted by Gasteiger charge is 2.41. The van der Waals surface area contributed by atoms with Gasteiger partial charge in [0.2, 0.25) is 17.7 Å². The Hall–Kier alpha value is -4.64. The number of pyridine rings is 1. The monoisotopic (exact) mass is 608 g/mol. The number of aryl methyl sites for hydroxylation is 1. The molecule has 234 valence electrons. The maximum atomic E-state index is 13.7. The number of aromatic nitrogens is 4. The molecular formula is C34H40N8O3. The minimum absolute atomic E-state index is 0.0403. The van der Waals surface area contributed by atoms with Gasteiger partial charge in [0.05, 0.1) is 11.6 Å². The molecule has 4 aromatic rings. The number of carbonyl (C=O) groups is 3. The molecule has 45 heavy (non-hydrogen) atoms. The lowest BCUT2D eigenvalue weighted by Crippen LogP contribution is -2.51. The molecule has 2 aliphatic rings. The Morgan fingerprint density at radius 3 is 2.60 bits per heavy atom. The number of rotatable bonds is 10. The summed E-state index contributed by atoms with van der Waals surface area (Å²) in [5, 5.41) is 11.3. The molecule has 2 aliphatic heterocycles. The van der Waals surface area contributed by atoms with E-state index < -0.39 is 12.1 Å². The molecule has 2 fully saturated rings. The molecule has 3 N–H and O–H groups in total. The zero-order chi connectivity index (χ0) is 31.3. The molecule has 0 radical (unpaired) electrons. The first-order valence-corrected chi connectivity index (χ1v) is 15.7. The van der Waals surface area contributed by atoms with Gasteiger partial charge in [0.1, 0.15) is 11.6 Å². The number of nitrogens with zero attached hydrogens (tertiary/aromatic N) is 6. The van der Waals surface area contributed by atoms with E-state index in [9.17, 15) is 14.4 Å². The van der Waals surface area contributed by atoms with Crippen LogP contribution in [0.1, 0.15) is 43.2 Å². The largest absolute Gasteiger partial charge is 0.350 e. The Bertz CT molecular complexity index is 1670. The second-order valence-corrected chi connectivity index (χ2v) is 12.2. The SMILES string of the molecule is Cn1nnc2cc(CNC(=O)C3CC(Cc4cccc(-c5ccncc5)c4)CN3C(=O)C(N)CCC(=O)N3CCCC3)ccc21. The van der Waals surface area contributed by atoms with Crippen LogP contribution in [0.5, 0.6) is 0 Å². The maximum absolute atomic E-state index is 13.7. The van der Waals surface area contributed by atoms with Gasteiger partial charge in [0.25, 0.3) is 0 Å². The summed E-state index contributed by atoms with van der Waals surface area (Å²) in [6.45, 7) is 2.27. The highest BCUT2D eigenvalue weighted by atomic mass is 16.2. The Morgan fingerprint density at radius 2 is 1.80 bits per heavy atom. The lowest BCUT2D eigenvalue weighted by Gasteiger charge is -2.27. The van der Waals surface area contributed by atoms with Crippen molar-refractivity contribution >= 4 is 28.8 Å². The van der Waals surface area contributed by atoms with Gasteiger partial charge in [-0.15, -0.1) is 5.10 Å². The fourth-order valence-electron chi connectivity index (χ4n) is 6.56. The zero-order valence-electron chi connectivity index (χ0n) is 25.6. The second-order valence-electron chi connectivity index (χ2n) is 12.2. The van der Waals surface area contributed by atoms with Crippen LogP contribution >= 0.6 is 0 Å². The summed E-state index contributed by atoms with van der Waals surface area (Å²) in [4.78, 5) is 47.6. The number of fused-ring (bicyclic) bond motifs is 1. The molecule has 2 aromatic carbocycles. The molecule has 6 rings (SSSR count). The molecule has 3 amide bonds. The summed E-state index contributed by atoms with van der Waals surface area (Å²) in [5.41, 5.74) is 12.3. The minimum Gasteiger partial charge on any atom is -0.350 e. The van der Waals surface area contributed by atoms with Crippen molar-refractivity contribution in [3.8, 4) is 11.1 Å². The van der Waals surface area contributed by atoms with Gasteiger partial charge in [0.15, 0.2) is 0 Å². The van der Waals surface area contributed by atoms with Gasteiger partial charge in [-0.3, -0.25) is 19.4 Å². The molecule has 11 nitrogen and oxygen atoms in total. The Balaban J connectivity index is 1.15. The van der Waals surface area contributed by atoms with Gasteiger partial charge in [-0.25, -0.2) is 4.68 Å². The van der Waals surface area contributed by atoms with E-state index in [2.05, 4.69) is 38.8 Å². The topological polar surface area (TPSA) is 139 Å². The Kier molecular flexibility index (Phi) is 9.16. The standard InChI is InChI=1S/C34H40N8O3/c1-40-30-9-7-24(19-29(30)38-39-40)21-37-33(44)31-20-25(17-23-5-4-6-27(18-23)26-11-13-36-14-12-26)22-42(31)34(45)28(35)8-10-32(43)41-15-2-3-16-41/h4-7,9,11-14,18-19,25,28,31H,2-3,8,10,15-17,20-22,35H2,1H3,(H,37,44). The predicted molar refractivity (Wildman–Crippen MR) is 170 cm³/mol. The first-order valence-electron chi connectivity index (χ1n) is 15.7. The number of nitrogens with two attached hydrogens (primary N) is 1. The van der Waals surface area contributed by atoms with Crippen LogP contribution in [-0.2, 0) is 34.4 Å². The second kappa shape index (κ2) is 13.6. The van der Waals surface area contributed by atoms with Gasteiger partial charge in [0, 0.05) is 52.0 Å². The van der Waals surface area contributed by atoms with Crippen LogP contribution in [0.2, 0.25) is 0 Å². The van der Waals surface area contributed by atoms with E-state index in [-0.39, 0.29) is 36.5 Å². The van der Waals surface area contributed by atoms with Crippen molar-refractivity contribution in [1.29, 1.82) is 0 Å².